The molecule has 0 saturated heterocycles. The Morgan fingerprint density at radius 2 is 1.67 bits per heavy atom. The van der Waals surface area contributed by atoms with Crippen molar-refractivity contribution in [3.63, 3.8) is 0 Å². The second kappa shape index (κ2) is 15.0. The van der Waals surface area contributed by atoms with Crippen LogP contribution in [0.25, 0.3) is 0 Å². The summed E-state index contributed by atoms with van der Waals surface area (Å²) in [6, 6.07) is 0. The highest BCUT2D eigenvalue weighted by molar-refractivity contribution is 5.89. The second-order valence-corrected chi connectivity index (χ2v) is 5.12. The van der Waals surface area contributed by atoms with Gasteiger partial charge in [0.05, 0.1) is 6.61 Å². The van der Waals surface area contributed by atoms with Crippen LogP contribution in [0.4, 0.5) is 0 Å². The molecule has 3 nitrogen and oxygen atoms in total. The third-order valence-corrected chi connectivity index (χ3v) is 3.11. The zero-order valence-electron chi connectivity index (χ0n) is 13.6. The third kappa shape index (κ3) is 14.8. The minimum Gasteiger partial charge on any atom is -0.466 e. The van der Waals surface area contributed by atoms with E-state index in [9.17, 15) is 9.59 Å². The van der Waals surface area contributed by atoms with Crippen LogP contribution in [0.15, 0.2) is 24.3 Å². The van der Waals surface area contributed by atoms with Gasteiger partial charge in [0.25, 0.3) is 0 Å². The van der Waals surface area contributed by atoms with Crippen LogP contribution in [-0.4, -0.2) is 18.4 Å². The number of esters is 1. The highest BCUT2D eigenvalue weighted by atomic mass is 16.5. The number of carbonyl (C=O) groups is 2. The maximum atomic E-state index is 11.6. The van der Waals surface area contributed by atoms with E-state index in [0.717, 1.165) is 25.7 Å². The van der Waals surface area contributed by atoms with Crippen molar-refractivity contribution in [3.8, 4) is 0 Å². The van der Waals surface area contributed by atoms with Crippen LogP contribution in [0, 0.1) is 0 Å². The highest BCUT2D eigenvalue weighted by Gasteiger charge is 2.01. The molecule has 0 aliphatic heterocycles. The van der Waals surface area contributed by atoms with Crippen LogP contribution in [0.5, 0.6) is 0 Å². The van der Waals surface area contributed by atoms with Gasteiger partial charge in [0, 0.05) is 12.8 Å². The smallest absolute Gasteiger partial charge is 0.305 e. The fourth-order valence-corrected chi connectivity index (χ4v) is 1.91. The predicted molar refractivity (Wildman–Crippen MR) is 87.1 cm³/mol. The van der Waals surface area contributed by atoms with Crippen LogP contribution < -0.4 is 0 Å². The zero-order chi connectivity index (χ0) is 15.8. The van der Waals surface area contributed by atoms with Crippen LogP contribution >= 0.6 is 0 Å². The van der Waals surface area contributed by atoms with Gasteiger partial charge in [-0.3, -0.25) is 9.59 Å². The second-order valence-electron chi connectivity index (χ2n) is 5.12. The van der Waals surface area contributed by atoms with Gasteiger partial charge in [-0.15, -0.1) is 0 Å². The number of carbonyl (C=O) groups excluding carboxylic acids is 2. The lowest BCUT2D eigenvalue weighted by molar-refractivity contribution is -0.143. The van der Waals surface area contributed by atoms with Crippen molar-refractivity contribution < 1.29 is 14.3 Å². The molecular formula is C18H30O3. The Hall–Kier alpha value is -1.38. The fraction of sp³-hybridized carbons (Fsp3) is 0.667. The van der Waals surface area contributed by atoms with E-state index in [2.05, 4.69) is 13.0 Å². The van der Waals surface area contributed by atoms with Crippen LogP contribution in [0.2, 0.25) is 0 Å². The maximum Gasteiger partial charge on any atom is 0.305 e. The van der Waals surface area contributed by atoms with E-state index in [1.165, 1.54) is 19.3 Å². The summed E-state index contributed by atoms with van der Waals surface area (Å²) in [4.78, 5) is 22.7. The minimum absolute atomic E-state index is 0.142. The van der Waals surface area contributed by atoms with Crippen molar-refractivity contribution in [1.82, 2.24) is 0 Å². The van der Waals surface area contributed by atoms with Gasteiger partial charge in [-0.05, 0) is 38.7 Å². The van der Waals surface area contributed by atoms with Crippen LogP contribution in [0.3, 0.4) is 0 Å². The Balaban J connectivity index is 3.51. The zero-order valence-corrected chi connectivity index (χ0v) is 13.6. The summed E-state index contributed by atoms with van der Waals surface area (Å²) in [6.45, 7) is 4.43. The van der Waals surface area contributed by atoms with E-state index >= 15 is 0 Å². The standard InChI is InChI=1S/C18H30O3/c1-3-5-6-7-8-9-11-14-17(19)15-12-10-13-16-18(20)21-4-2/h8-9,11,14H,3-7,10,12-13,15-16H2,1-2H3. The molecule has 0 aromatic heterocycles. The van der Waals surface area contributed by atoms with Gasteiger partial charge in [-0.1, -0.05) is 44.4 Å². The Kier molecular flexibility index (Phi) is 14.0. The van der Waals surface area contributed by atoms with Gasteiger partial charge in [0.1, 0.15) is 0 Å². The number of allylic oxidation sites excluding steroid dienone is 4. The number of hydrogen-bond donors (Lipinski definition) is 0. The van der Waals surface area contributed by atoms with Crippen molar-refractivity contribution in [1.29, 1.82) is 0 Å². The Morgan fingerprint density at radius 1 is 0.905 bits per heavy atom. The summed E-state index contributed by atoms with van der Waals surface area (Å²) < 4.78 is 4.85. The lowest BCUT2D eigenvalue weighted by atomic mass is 10.1. The van der Waals surface area contributed by atoms with Crippen molar-refractivity contribution in [3.05, 3.63) is 24.3 Å². The molecule has 21 heavy (non-hydrogen) atoms. The molecule has 0 aromatic rings. The first-order chi connectivity index (χ1) is 10.2. The molecular weight excluding hydrogens is 264 g/mol. The third-order valence-electron chi connectivity index (χ3n) is 3.11. The molecule has 0 atom stereocenters. The number of ketones is 1. The predicted octanol–water partition coefficient (Wildman–Crippen LogP) is 4.76. The summed E-state index contributed by atoms with van der Waals surface area (Å²) in [7, 11) is 0. The van der Waals surface area contributed by atoms with E-state index in [0.29, 0.717) is 19.4 Å². The lowest BCUT2D eigenvalue weighted by Crippen LogP contribution is -2.03. The summed E-state index contributed by atoms with van der Waals surface area (Å²) in [5.74, 6) is 0.0151. The molecule has 0 radical (unpaired) electrons. The molecule has 3 heteroatoms. The molecule has 0 rings (SSSR count). The number of unbranched alkanes of at least 4 members (excludes halogenated alkanes) is 5. The highest BCUT2D eigenvalue weighted by Crippen LogP contribution is 2.05. The quantitative estimate of drug-likeness (QED) is 0.213. The molecule has 0 N–H and O–H groups in total. The van der Waals surface area contributed by atoms with Gasteiger partial charge in [0.2, 0.25) is 0 Å². The van der Waals surface area contributed by atoms with Crippen LogP contribution in [0.1, 0.15) is 71.6 Å². The average Bonchev–Trinajstić information content (AvgIpc) is 2.46. The molecule has 0 unspecified atom stereocenters. The molecule has 0 bridgehead atoms. The molecule has 0 heterocycles. The van der Waals surface area contributed by atoms with Gasteiger partial charge in [-0.25, -0.2) is 0 Å². The molecule has 0 aromatic carbocycles. The Labute approximate surface area is 129 Å². The summed E-state index contributed by atoms with van der Waals surface area (Å²) >= 11 is 0. The summed E-state index contributed by atoms with van der Waals surface area (Å²) in [5, 5.41) is 0. The average molecular weight is 294 g/mol. The first kappa shape index (κ1) is 19.6. The molecule has 0 saturated carbocycles. The van der Waals surface area contributed by atoms with Crippen molar-refractivity contribution in [2.24, 2.45) is 0 Å². The minimum atomic E-state index is -0.142. The van der Waals surface area contributed by atoms with Crippen LogP contribution in [-0.2, 0) is 14.3 Å². The Morgan fingerprint density at radius 3 is 2.38 bits per heavy atom. The van der Waals surface area contributed by atoms with E-state index in [1.807, 2.05) is 12.2 Å². The van der Waals surface area contributed by atoms with Crippen molar-refractivity contribution >= 4 is 11.8 Å². The monoisotopic (exact) mass is 294 g/mol. The largest absolute Gasteiger partial charge is 0.466 e. The Bertz CT molecular complexity index is 329. The maximum absolute atomic E-state index is 11.6. The summed E-state index contributed by atoms with van der Waals surface area (Å²) in [6.07, 6.45) is 15.9. The normalized spacial score (nSPS) is 11.3. The molecule has 0 fully saturated rings. The van der Waals surface area contributed by atoms with Gasteiger partial charge in [0.15, 0.2) is 5.78 Å². The van der Waals surface area contributed by atoms with E-state index in [1.54, 1.807) is 13.0 Å². The molecule has 120 valence electrons. The van der Waals surface area contributed by atoms with E-state index in [-0.39, 0.29) is 11.8 Å². The van der Waals surface area contributed by atoms with Crippen molar-refractivity contribution in [2.45, 2.75) is 71.6 Å². The molecule has 0 amide bonds. The fourth-order valence-electron chi connectivity index (χ4n) is 1.91. The van der Waals surface area contributed by atoms with Crippen molar-refractivity contribution in [2.75, 3.05) is 6.61 Å². The first-order valence-electron chi connectivity index (χ1n) is 8.22. The first-order valence-corrected chi connectivity index (χ1v) is 8.22. The number of hydrogen-bond acceptors (Lipinski definition) is 3. The van der Waals surface area contributed by atoms with E-state index in [4.69, 9.17) is 4.74 Å². The van der Waals surface area contributed by atoms with Gasteiger partial charge < -0.3 is 4.74 Å². The van der Waals surface area contributed by atoms with Gasteiger partial charge in [-0.2, -0.15) is 0 Å². The lowest BCUT2D eigenvalue weighted by Gasteiger charge is -2.00. The molecule has 0 aliphatic carbocycles. The number of rotatable bonds is 13. The molecule has 0 spiro atoms. The molecule has 0 aliphatic rings. The van der Waals surface area contributed by atoms with Gasteiger partial charge >= 0.3 is 5.97 Å². The topological polar surface area (TPSA) is 43.4 Å². The summed E-state index contributed by atoms with van der Waals surface area (Å²) in [5.41, 5.74) is 0. The SMILES string of the molecule is CCCCCC=CC=CC(=O)CCCCCC(=O)OCC. The van der Waals surface area contributed by atoms with E-state index < -0.39 is 0 Å². The number of ether oxygens (including phenoxy) is 1.